The summed E-state index contributed by atoms with van der Waals surface area (Å²) in [6, 6.07) is 18.2. The van der Waals surface area contributed by atoms with Gasteiger partial charge in [0.15, 0.2) is 5.82 Å². The van der Waals surface area contributed by atoms with Crippen LogP contribution in [0.15, 0.2) is 60.8 Å². The molecule has 148 valence electrons. The highest BCUT2D eigenvalue weighted by Gasteiger charge is 2.15. The van der Waals surface area contributed by atoms with E-state index in [-0.39, 0.29) is 0 Å². The number of hydrogen-bond acceptors (Lipinski definition) is 6. The summed E-state index contributed by atoms with van der Waals surface area (Å²) in [7, 11) is 0. The Kier molecular flexibility index (Phi) is 5.65. The smallest absolute Gasteiger partial charge is 0.201 e. The standard InChI is InChI=1S/C22H25N7/c1-3-17(4-2)25-20-14-19(24-15-18-12-8-9-13-23-18)22-27-26-21(29(22)28-20)16-10-6-5-7-11-16/h5-14,17,24H,3-4,15H2,1-2H3,(H,25,28). The first kappa shape index (κ1) is 18.9. The summed E-state index contributed by atoms with van der Waals surface area (Å²) in [6.45, 7) is 4.95. The summed E-state index contributed by atoms with van der Waals surface area (Å²) in [5, 5.41) is 20.6. The number of benzene rings is 1. The molecule has 1 aromatic carbocycles. The third-order valence-corrected chi connectivity index (χ3v) is 4.93. The van der Waals surface area contributed by atoms with Crippen molar-refractivity contribution in [2.75, 3.05) is 10.6 Å². The maximum atomic E-state index is 4.79. The quantitative estimate of drug-likeness (QED) is 0.466. The van der Waals surface area contributed by atoms with E-state index in [9.17, 15) is 0 Å². The fourth-order valence-electron chi connectivity index (χ4n) is 3.24. The van der Waals surface area contributed by atoms with Crippen LogP contribution in [0.3, 0.4) is 0 Å². The lowest BCUT2D eigenvalue weighted by Gasteiger charge is -2.17. The third kappa shape index (κ3) is 4.18. The van der Waals surface area contributed by atoms with Crippen LogP contribution in [-0.4, -0.2) is 30.8 Å². The molecule has 0 spiro atoms. The van der Waals surface area contributed by atoms with Crippen molar-refractivity contribution in [1.29, 1.82) is 0 Å². The molecule has 4 aromatic rings. The molecule has 0 aliphatic carbocycles. The Morgan fingerprint density at radius 1 is 0.966 bits per heavy atom. The summed E-state index contributed by atoms with van der Waals surface area (Å²) in [6.07, 6.45) is 3.85. The number of anilines is 2. The van der Waals surface area contributed by atoms with Gasteiger partial charge in [-0.05, 0) is 25.0 Å². The molecular formula is C22H25N7. The van der Waals surface area contributed by atoms with Crippen molar-refractivity contribution in [2.24, 2.45) is 0 Å². The number of pyridine rings is 1. The van der Waals surface area contributed by atoms with Crippen LogP contribution in [0.25, 0.3) is 17.0 Å². The summed E-state index contributed by atoms with van der Waals surface area (Å²) >= 11 is 0. The summed E-state index contributed by atoms with van der Waals surface area (Å²) in [5.74, 6) is 1.52. The summed E-state index contributed by atoms with van der Waals surface area (Å²) in [5.41, 5.74) is 3.49. The van der Waals surface area contributed by atoms with Crippen molar-refractivity contribution in [3.8, 4) is 11.4 Å². The predicted molar refractivity (Wildman–Crippen MR) is 116 cm³/mol. The largest absolute Gasteiger partial charge is 0.376 e. The minimum Gasteiger partial charge on any atom is -0.376 e. The number of fused-ring (bicyclic) bond motifs is 1. The molecule has 29 heavy (non-hydrogen) atoms. The molecule has 0 saturated carbocycles. The molecule has 2 N–H and O–H groups in total. The van der Waals surface area contributed by atoms with Crippen LogP contribution in [0.2, 0.25) is 0 Å². The Hall–Kier alpha value is -3.48. The Labute approximate surface area is 170 Å². The van der Waals surface area contributed by atoms with Crippen LogP contribution in [0.5, 0.6) is 0 Å². The van der Waals surface area contributed by atoms with Crippen LogP contribution in [0, 0.1) is 0 Å². The second-order valence-corrected chi connectivity index (χ2v) is 6.90. The fourth-order valence-corrected chi connectivity index (χ4v) is 3.24. The van der Waals surface area contributed by atoms with Crippen LogP contribution >= 0.6 is 0 Å². The summed E-state index contributed by atoms with van der Waals surface area (Å²) in [4.78, 5) is 4.39. The van der Waals surface area contributed by atoms with Gasteiger partial charge in [-0.1, -0.05) is 50.2 Å². The SMILES string of the molecule is CCC(CC)Nc1cc(NCc2ccccn2)c2nnc(-c3ccccc3)n2n1. The third-order valence-electron chi connectivity index (χ3n) is 4.93. The van der Waals surface area contributed by atoms with E-state index in [0.29, 0.717) is 18.2 Å². The van der Waals surface area contributed by atoms with Gasteiger partial charge in [0.25, 0.3) is 0 Å². The van der Waals surface area contributed by atoms with Gasteiger partial charge < -0.3 is 10.6 Å². The number of nitrogens with zero attached hydrogens (tertiary/aromatic N) is 5. The van der Waals surface area contributed by atoms with E-state index in [0.717, 1.165) is 41.4 Å². The first-order chi connectivity index (χ1) is 14.3. The van der Waals surface area contributed by atoms with E-state index in [1.54, 1.807) is 10.7 Å². The Bertz CT molecular complexity index is 1060. The van der Waals surface area contributed by atoms with Crippen molar-refractivity contribution in [2.45, 2.75) is 39.3 Å². The maximum absolute atomic E-state index is 4.79. The maximum Gasteiger partial charge on any atom is 0.201 e. The highest BCUT2D eigenvalue weighted by atomic mass is 15.4. The lowest BCUT2D eigenvalue weighted by Crippen LogP contribution is -2.19. The number of nitrogens with one attached hydrogen (secondary N) is 2. The molecule has 0 unspecified atom stereocenters. The zero-order valence-corrected chi connectivity index (χ0v) is 16.7. The molecule has 7 heteroatoms. The fraction of sp³-hybridized carbons (Fsp3) is 0.273. The van der Waals surface area contributed by atoms with Gasteiger partial charge in [-0.15, -0.1) is 15.3 Å². The van der Waals surface area contributed by atoms with Crippen molar-refractivity contribution in [3.05, 3.63) is 66.5 Å². The first-order valence-electron chi connectivity index (χ1n) is 10.0. The van der Waals surface area contributed by atoms with Gasteiger partial charge in [0.1, 0.15) is 5.82 Å². The Morgan fingerprint density at radius 2 is 1.76 bits per heavy atom. The van der Waals surface area contributed by atoms with Crippen molar-refractivity contribution in [1.82, 2.24) is 24.8 Å². The molecule has 0 saturated heterocycles. The van der Waals surface area contributed by atoms with E-state index in [1.807, 2.05) is 54.6 Å². The van der Waals surface area contributed by atoms with Crippen molar-refractivity contribution in [3.63, 3.8) is 0 Å². The van der Waals surface area contributed by atoms with E-state index in [1.165, 1.54) is 0 Å². The van der Waals surface area contributed by atoms with Crippen molar-refractivity contribution < 1.29 is 0 Å². The monoisotopic (exact) mass is 387 g/mol. The molecule has 0 atom stereocenters. The van der Waals surface area contributed by atoms with Gasteiger partial charge in [0.2, 0.25) is 5.65 Å². The number of rotatable bonds is 8. The molecule has 4 rings (SSSR count). The molecule has 3 aromatic heterocycles. The Morgan fingerprint density at radius 3 is 2.48 bits per heavy atom. The first-order valence-corrected chi connectivity index (χ1v) is 10.0. The van der Waals surface area contributed by atoms with Crippen LogP contribution in [-0.2, 0) is 6.54 Å². The minimum absolute atomic E-state index is 0.361. The second kappa shape index (κ2) is 8.68. The highest BCUT2D eigenvalue weighted by molar-refractivity contribution is 5.73. The van der Waals surface area contributed by atoms with Crippen LogP contribution < -0.4 is 10.6 Å². The summed E-state index contributed by atoms with van der Waals surface area (Å²) < 4.78 is 1.81. The van der Waals surface area contributed by atoms with Crippen molar-refractivity contribution >= 4 is 17.2 Å². The molecule has 0 bridgehead atoms. The Balaban J connectivity index is 1.74. The molecule has 7 nitrogen and oxygen atoms in total. The average Bonchev–Trinajstić information content (AvgIpc) is 3.21. The molecule has 0 radical (unpaired) electrons. The normalized spacial score (nSPS) is 11.1. The predicted octanol–water partition coefficient (Wildman–Crippen LogP) is 4.40. The lowest BCUT2D eigenvalue weighted by molar-refractivity contribution is 0.665. The molecule has 0 amide bonds. The van der Waals surface area contributed by atoms with E-state index in [2.05, 4.69) is 39.7 Å². The molecule has 0 aliphatic rings. The van der Waals surface area contributed by atoms with Gasteiger partial charge in [0.05, 0.1) is 17.9 Å². The van der Waals surface area contributed by atoms with Gasteiger partial charge in [0, 0.05) is 23.9 Å². The number of aromatic nitrogens is 5. The topological polar surface area (TPSA) is 80.0 Å². The molecular weight excluding hydrogens is 362 g/mol. The van der Waals surface area contributed by atoms with Gasteiger partial charge in [-0.3, -0.25) is 4.98 Å². The zero-order chi connectivity index (χ0) is 20.1. The number of hydrogen-bond donors (Lipinski definition) is 2. The zero-order valence-electron chi connectivity index (χ0n) is 16.7. The van der Waals surface area contributed by atoms with Gasteiger partial charge in [-0.2, -0.15) is 4.52 Å². The second-order valence-electron chi connectivity index (χ2n) is 6.90. The van der Waals surface area contributed by atoms with Gasteiger partial charge >= 0.3 is 0 Å². The van der Waals surface area contributed by atoms with Gasteiger partial charge in [-0.25, -0.2) is 0 Å². The van der Waals surface area contributed by atoms with Crippen LogP contribution in [0.1, 0.15) is 32.4 Å². The van der Waals surface area contributed by atoms with E-state index >= 15 is 0 Å². The van der Waals surface area contributed by atoms with E-state index < -0.39 is 0 Å². The molecule has 0 aliphatic heterocycles. The molecule has 3 heterocycles. The average molecular weight is 387 g/mol. The van der Waals surface area contributed by atoms with E-state index in [4.69, 9.17) is 5.10 Å². The molecule has 0 fully saturated rings. The highest BCUT2D eigenvalue weighted by Crippen LogP contribution is 2.25. The lowest BCUT2D eigenvalue weighted by atomic mass is 10.2. The minimum atomic E-state index is 0.361. The van der Waals surface area contributed by atoms with Crippen LogP contribution in [0.4, 0.5) is 11.5 Å².